The van der Waals surface area contributed by atoms with E-state index in [-0.39, 0.29) is 35.8 Å². The second-order valence-corrected chi connectivity index (χ2v) is 8.16. The number of methoxy groups -OCH3 is 1. The maximum absolute atomic E-state index is 12.8. The molecule has 3 aromatic rings. The van der Waals surface area contributed by atoms with Crippen LogP contribution in [0.2, 0.25) is 0 Å². The molecule has 34 heavy (non-hydrogen) atoms. The van der Waals surface area contributed by atoms with Crippen LogP contribution in [-0.2, 0) is 11.2 Å². The minimum Gasteiger partial charge on any atom is -0.497 e. The Hall–Kier alpha value is -3.98. The largest absolute Gasteiger partial charge is 0.497 e. The molecular formula is C25H28N6O3. The lowest BCUT2D eigenvalue weighted by Gasteiger charge is -2.23. The Morgan fingerprint density at radius 1 is 1.21 bits per heavy atom. The Labute approximate surface area is 198 Å². The summed E-state index contributed by atoms with van der Waals surface area (Å²) in [5, 5.41) is 9.14. The fraction of sp³-hybridized carbons (Fsp3) is 0.280. The van der Waals surface area contributed by atoms with E-state index in [9.17, 15) is 9.59 Å². The second kappa shape index (κ2) is 10.8. The van der Waals surface area contributed by atoms with E-state index in [1.807, 2.05) is 36.4 Å². The Balaban J connectivity index is 1.45. The highest BCUT2D eigenvalue weighted by atomic mass is 16.5. The molecule has 1 saturated heterocycles. The molecule has 1 aliphatic heterocycles. The van der Waals surface area contributed by atoms with E-state index >= 15 is 0 Å². The molecule has 0 bridgehead atoms. The molecule has 0 saturated carbocycles. The zero-order valence-corrected chi connectivity index (χ0v) is 19.0. The Morgan fingerprint density at radius 3 is 2.76 bits per heavy atom. The average molecular weight is 461 g/mol. The van der Waals surface area contributed by atoms with Crippen LogP contribution in [0.5, 0.6) is 5.75 Å². The summed E-state index contributed by atoms with van der Waals surface area (Å²) >= 11 is 0. The van der Waals surface area contributed by atoms with E-state index in [0.29, 0.717) is 16.9 Å². The van der Waals surface area contributed by atoms with Gasteiger partial charge in [0.2, 0.25) is 5.91 Å². The second-order valence-electron chi connectivity index (χ2n) is 8.16. The smallest absolute Gasteiger partial charge is 0.274 e. The standard InChI is InChI=1S/C25H28N6O3/c1-34-20-9-7-16(8-10-20)12-22(32)29-18-5-2-4-17(13-18)21-15-28-24(26)23(31-21)25(33)30-19-6-3-11-27-14-19/h2,4-5,7-10,13,15,19,27H,3,6,11-12,14H2,1H3,(H2,26,28)(H,29,32)(H,30,33)/t19-/m0/s1. The van der Waals surface area contributed by atoms with E-state index in [4.69, 9.17) is 10.5 Å². The summed E-state index contributed by atoms with van der Waals surface area (Å²) in [7, 11) is 1.60. The predicted molar refractivity (Wildman–Crippen MR) is 131 cm³/mol. The number of carbonyl (C=O) groups excluding carboxylic acids is 2. The highest BCUT2D eigenvalue weighted by Gasteiger charge is 2.20. The van der Waals surface area contributed by atoms with Gasteiger partial charge in [-0.2, -0.15) is 0 Å². The van der Waals surface area contributed by atoms with Gasteiger partial charge in [-0.3, -0.25) is 9.59 Å². The van der Waals surface area contributed by atoms with Crippen molar-refractivity contribution in [3.8, 4) is 17.0 Å². The number of nitrogen functional groups attached to an aromatic ring is 1. The maximum atomic E-state index is 12.8. The van der Waals surface area contributed by atoms with Crippen molar-refractivity contribution in [2.45, 2.75) is 25.3 Å². The highest BCUT2D eigenvalue weighted by Crippen LogP contribution is 2.22. The van der Waals surface area contributed by atoms with Gasteiger partial charge >= 0.3 is 0 Å². The van der Waals surface area contributed by atoms with E-state index in [0.717, 1.165) is 37.2 Å². The van der Waals surface area contributed by atoms with Gasteiger partial charge in [0.15, 0.2) is 11.5 Å². The molecule has 2 heterocycles. The first-order valence-corrected chi connectivity index (χ1v) is 11.2. The molecule has 9 nitrogen and oxygen atoms in total. The van der Waals surface area contributed by atoms with Gasteiger partial charge in [-0.15, -0.1) is 0 Å². The van der Waals surface area contributed by atoms with Crippen LogP contribution >= 0.6 is 0 Å². The summed E-state index contributed by atoms with van der Waals surface area (Å²) < 4.78 is 5.15. The molecule has 4 rings (SSSR count). The summed E-state index contributed by atoms with van der Waals surface area (Å²) in [5.41, 5.74) is 8.74. The van der Waals surface area contributed by atoms with Crippen molar-refractivity contribution in [1.29, 1.82) is 0 Å². The number of rotatable bonds is 7. The van der Waals surface area contributed by atoms with E-state index in [2.05, 4.69) is 25.9 Å². The Kier molecular flexibility index (Phi) is 7.34. The van der Waals surface area contributed by atoms with Crippen LogP contribution < -0.4 is 26.4 Å². The lowest BCUT2D eigenvalue weighted by Crippen LogP contribution is -2.46. The molecule has 1 aliphatic rings. The number of piperidine rings is 1. The number of nitrogens with two attached hydrogens (primary N) is 1. The molecule has 0 spiro atoms. The van der Waals surface area contributed by atoms with E-state index in [1.54, 1.807) is 19.2 Å². The molecule has 0 aliphatic carbocycles. The molecule has 9 heteroatoms. The predicted octanol–water partition coefficient (Wildman–Crippen LogP) is 2.40. The number of benzene rings is 2. The monoisotopic (exact) mass is 460 g/mol. The Morgan fingerprint density at radius 2 is 2.03 bits per heavy atom. The Bertz CT molecular complexity index is 1160. The number of aromatic nitrogens is 2. The lowest BCUT2D eigenvalue weighted by atomic mass is 10.1. The molecule has 2 aromatic carbocycles. The van der Waals surface area contributed by atoms with Gasteiger partial charge in [-0.05, 0) is 49.2 Å². The minimum atomic E-state index is -0.343. The first-order chi connectivity index (χ1) is 16.5. The van der Waals surface area contributed by atoms with Crippen LogP contribution in [0.3, 0.4) is 0 Å². The number of ether oxygens (including phenoxy) is 1. The van der Waals surface area contributed by atoms with Gasteiger partial charge in [0.25, 0.3) is 5.91 Å². The van der Waals surface area contributed by atoms with Crippen LogP contribution in [0.1, 0.15) is 28.9 Å². The fourth-order valence-electron chi connectivity index (χ4n) is 3.82. The molecule has 1 aromatic heterocycles. The van der Waals surface area contributed by atoms with Gasteiger partial charge in [0.05, 0.1) is 25.4 Å². The van der Waals surface area contributed by atoms with Gasteiger partial charge in [-0.25, -0.2) is 9.97 Å². The molecule has 0 radical (unpaired) electrons. The number of nitrogens with zero attached hydrogens (tertiary/aromatic N) is 2. The fourth-order valence-corrected chi connectivity index (χ4v) is 3.82. The normalized spacial score (nSPS) is 15.4. The number of anilines is 2. The average Bonchev–Trinajstić information content (AvgIpc) is 2.85. The molecule has 5 N–H and O–H groups in total. The molecule has 1 atom stereocenters. The summed E-state index contributed by atoms with van der Waals surface area (Å²) in [6.45, 7) is 1.67. The number of carbonyl (C=O) groups is 2. The minimum absolute atomic E-state index is 0.0374. The molecule has 2 amide bonds. The third kappa shape index (κ3) is 5.87. The topological polar surface area (TPSA) is 131 Å². The van der Waals surface area contributed by atoms with Crippen molar-refractivity contribution >= 4 is 23.3 Å². The first-order valence-electron chi connectivity index (χ1n) is 11.2. The number of hydrogen-bond acceptors (Lipinski definition) is 7. The van der Waals surface area contributed by atoms with Gasteiger partial charge in [0.1, 0.15) is 5.75 Å². The van der Waals surface area contributed by atoms with Crippen LogP contribution in [0, 0.1) is 0 Å². The van der Waals surface area contributed by atoms with Crippen molar-refractivity contribution in [1.82, 2.24) is 20.6 Å². The number of hydrogen-bond donors (Lipinski definition) is 4. The van der Waals surface area contributed by atoms with Gasteiger partial charge < -0.3 is 26.4 Å². The van der Waals surface area contributed by atoms with Crippen molar-refractivity contribution in [2.75, 3.05) is 31.2 Å². The third-order valence-corrected chi connectivity index (χ3v) is 5.61. The quantitative estimate of drug-likeness (QED) is 0.426. The SMILES string of the molecule is COc1ccc(CC(=O)Nc2cccc(-c3cnc(N)c(C(=O)N[C@H]4CCCNC4)n3)c2)cc1. The van der Waals surface area contributed by atoms with Crippen LogP contribution in [0.15, 0.2) is 54.7 Å². The molecular weight excluding hydrogens is 432 g/mol. The summed E-state index contributed by atoms with van der Waals surface area (Å²) in [6.07, 6.45) is 3.66. The van der Waals surface area contributed by atoms with Gasteiger partial charge in [-0.1, -0.05) is 24.3 Å². The highest BCUT2D eigenvalue weighted by molar-refractivity contribution is 5.97. The first kappa shape index (κ1) is 23.2. The van der Waals surface area contributed by atoms with Crippen LogP contribution in [0.25, 0.3) is 11.3 Å². The summed E-state index contributed by atoms with van der Waals surface area (Å²) in [5.74, 6) is 0.329. The van der Waals surface area contributed by atoms with Crippen molar-refractivity contribution in [3.05, 3.63) is 66.0 Å². The van der Waals surface area contributed by atoms with Crippen molar-refractivity contribution in [3.63, 3.8) is 0 Å². The molecule has 176 valence electrons. The molecule has 1 fully saturated rings. The summed E-state index contributed by atoms with van der Waals surface area (Å²) in [4.78, 5) is 33.9. The van der Waals surface area contributed by atoms with Crippen LogP contribution in [-0.4, -0.2) is 48.0 Å². The van der Waals surface area contributed by atoms with Crippen molar-refractivity contribution < 1.29 is 14.3 Å². The summed E-state index contributed by atoms with van der Waals surface area (Å²) in [6, 6.07) is 14.6. The third-order valence-electron chi connectivity index (χ3n) is 5.61. The van der Waals surface area contributed by atoms with Gasteiger partial charge in [0, 0.05) is 23.8 Å². The van der Waals surface area contributed by atoms with Crippen LogP contribution in [0.4, 0.5) is 11.5 Å². The lowest BCUT2D eigenvalue weighted by molar-refractivity contribution is -0.115. The number of nitrogens with one attached hydrogen (secondary N) is 3. The maximum Gasteiger partial charge on any atom is 0.274 e. The number of amides is 2. The zero-order chi connectivity index (χ0) is 23.9. The zero-order valence-electron chi connectivity index (χ0n) is 19.0. The van der Waals surface area contributed by atoms with Crippen molar-refractivity contribution in [2.24, 2.45) is 0 Å². The van der Waals surface area contributed by atoms with E-state index < -0.39 is 0 Å². The molecule has 0 unspecified atom stereocenters. The van der Waals surface area contributed by atoms with E-state index in [1.165, 1.54) is 6.20 Å².